The maximum Gasteiger partial charge on any atom is 0.213 e. The number of phenolic OH excluding ortho intramolecular Hbond substituents is 1. The Kier molecular flexibility index (Phi) is 4.66. The molecule has 2 aliphatic heterocycles. The van der Waals surface area contributed by atoms with Crippen LogP contribution < -0.4 is 15.0 Å². The molecule has 1 aromatic carbocycles. The molecular weight excluding hydrogens is 430 g/mol. The molecular formula is C23H24F2N6O2. The molecule has 8 nitrogen and oxygen atoms in total. The lowest BCUT2D eigenvalue weighted by molar-refractivity contribution is 0.176. The number of anilines is 1. The van der Waals surface area contributed by atoms with Crippen LogP contribution in [-0.4, -0.2) is 63.7 Å². The summed E-state index contributed by atoms with van der Waals surface area (Å²) in [5.74, 6) is -0.671. The Morgan fingerprint density at radius 2 is 2.06 bits per heavy atom. The van der Waals surface area contributed by atoms with Crippen LogP contribution in [0.4, 0.5) is 14.6 Å². The molecule has 0 radical (unpaired) electrons. The topological polar surface area (TPSA) is 96.3 Å². The molecule has 0 amide bonds. The van der Waals surface area contributed by atoms with Crippen molar-refractivity contribution in [3.05, 3.63) is 42.5 Å². The molecule has 3 aromatic rings. The lowest BCUT2D eigenvalue weighted by atomic mass is 9.96. The number of alkyl halides is 1. The predicted molar refractivity (Wildman–Crippen MR) is 118 cm³/mol. The number of hydrogen-bond acceptors (Lipinski definition) is 8. The van der Waals surface area contributed by atoms with Gasteiger partial charge in [0.15, 0.2) is 11.6 Å². The van der Waals surface area contributed by atoms with Crippen LogP contribution in [0.5, 0.6) is 11.6 Å². The number of methoxy groups -OCH3 is 1. The molecule has 0 spiro atoms. The second kappa shape index (κ2) is 8.51. The van der Waals surface area contributed by atoms with Gasteiger partial charge >= 0.3 is 0 Å². The summed E-state index contributed by atoms with van der Waals surface area (Å²) in [7, 11) is -0.968. The fourth-order valence-corrected chi connectivity index (χ4v) is 4.66. The van der Waals surface area contributed by atoms with Crippen LogP contribution in [-0.2, 0) is 0 Å². The van der Waals surface area contributed by atoms with Gasteiger partial charge in [-0.15, -0.1) is 10.2 Å². The van der Waals surface area contributed by atoms with E-state index in [1.807, 2.05) is 0 Å². The minimum Gasteiger partial charge on any atom is -0.507 e. The third-order valence-electron chi connectivity index (χ3n) is 6.45. The number of nitrogens with one attached hydrogen (secondary N) is 1. The molecule has 2 fully saturated rings. The van der Waals surface area contributed by atoms with E-state index in [0.29, 0.717) is 18.3 Å². The van der Waals surface area contributed by atoms with Crippen LogP contribution in [0, 0.1) is 5.82 Å². The number of phenols is 1. The van der Waals surface area contributed by atoms with Crippen molar-refractivity contribution in [2.24, 2.45) is 0 Å². The summed E-state index contributed by atoms with van der Waals surface area (Å²) < 4.78 is 55.6. The van der Waals surface area contributed by atoms with Crippen molar-refractivity contribution >= 4 is 5.82 Å². The van der Waals surface area contributed by atoms with Crippen LogP contribution in [0.15, 0.2) is 36.7 Å². The Morgan fingerprint density at radius 1 is 1.18 bits per heavy atom. The Labute approximate surface area is 193 Å². The first-order chi connectivity index (χ1) is 17.1. The van der Waals surface area contributed by atoms with E-state index in [-0.39, 0.29) is 46.2 Å². The van der Waals surface area contributed by atoms with Gasteiger partial charge in [-0.25, -0.2) is 18.7 Å². The van der Waals surface area contributed by atoms with Crippen molar-refractivity contribution < 1.29 is 22.7 Å². The number of aromatic nitrogens is 4. The number of ether oxygens (including phenoxy) is 1. The Hall–Kier alpha value is -3.40. The number of benzene rings is 1. The average molecular weight is 457 g/mol. The molecule has 0 aliphatic carbocycles. The molecule has 2 saturated heterocycles. The van der Waals surface area contributed by atoms with Crippen molar-refractivity contribution in [1.29, 1.82) is 0 Å². The molecule has 33 heavy (non-hydrogen) atoms. The highest BCUT2D eigenvalue weighted by Gasteiger charge is 2.43. The second-order valence-corrected chi connectivity index (χ2v) is 8.38. The first-order valence-electron chi connectivity index (χ1n) is 12.1. The van der Waals surface area contributed by atoms with Crippen LogP contribution >= 0.6 is 0 Å². The number of rotatable bonds is 5. The van der Waals surface area contributed by atoms with Gasteiger partial charge in [-0.1, -0.05) is 6.07 Å². The summed E-state index contributed by atoms with van der Waals surface area (Å²) in [6.07, 6.45) is 3.76. The predicted octanol–water partition coefficient (Wildman–Crippen LogP) is 3.12. The van der Waals surface area contributed by atoms with Gasteiger partial charge in [0, 0.05) is 30.8 Å². The number of aromatic hydroxyl groups is 1. The third kappa shape index (κ3) is 3.95. The first kappa shape index (κ1) is 18.1. The van der Waals surface area contributed by atoms with Crippen molar-refractivity contribution in [3.63, 3.8) is 0 Å². The normalized spacial score (nSPS) is 25.7. The van der Waals surface area contributed by atoms with E-state index in [1.54, 1.807) is 11.9 Å². The third-order valence-corrected chi connectivity index (χ3v) is 6.45. The highest BCUT2D eigenvalue weighted by atomic mass is 19.1. The van der Waals surface area contributed by atoms with E-state index in [0.717, 1.165) is 25.1 Å². The van der Waals surface area contributed by atoms with Crippen LogP contribution in [0.1, 0.15) is 23.4 Å². The smallest absolute Gasteiger partial charge is 0.213 e. The molecule has 0 saturated carbocycles. The molecule has 5 rings (SSSR count). The number of fused-ring (bicyclic) bond motifs is 2. The molecule has 2 N–H and O–H groups in total. The first-order valence-corrected chi connectivity index (χ1v) is 10.6. The fraction of sp³-hybridized carbons (Fsp3) is 0.391. The zero-order chi connectivity index (χ0) is 25.6. The molecule has 2 aromatic heterocycles. The number of nitrogens with zero attached hydrogens (tertiary/aromatic N) is 5. The second-order valence-electron chi connectivity index (χ2n) is 8.38. The zero-order valence-corrected chi connectivity index (χ0v) is 17.7. The number of piperidine rings is 1. The van der Waals surface area contributed by atoms with Crippen LogP contribution in [0.25, 0.3) is 22.5 Å². The van der Waals surface area contributed by atoms with Gasteiger partial charge in [0.25, 0.3) is 0 Å². The van der Waals surface area contributed by atoms with E-state index >= 15 is 0 Å². The van der Waals surface area contributed by atoms with E-state index in [9.17, 15) is 13.9 Å². The van der Waals surface area contributed by atoms with E-state index in [1.165, 1.54) is 24.4 Å². The van der Waals surface area contributed by atoms with Gasteiger partial charge < -0.3 is 20.1 Å². The zero-order valence-electron chi connectivity index (χ0n) is 20.7. The van der Waals surface area contributed by atoms with Crippen molar-refractivity contribution in [3.8, 4) is 34.1 Å². The lowest BCUT2D eigenvalue weighted by Crippen LogP contribution is -2.55. The highest BCUT2D eigenvalue weighted by Crippen LogP contribution is 2.35. The summed E-state index contributed by atoms with van der Waals surface area (Å²) in [6.45, 7) is 0. The molecule has 4 atom stereocenters. The van der Waals surface area contributed by atoms with Gasteiger partial charge in [-0.3, -0.25) is 0 Å². The Morgan fingerprint density at radius 3 is 2.82 bits per heavy atom. The van der Waals surface area contributed by atoms with Gasteiger partial charge in [0.05, 0.1) is 35.1 Å². The van der Waals surface area contributed by atoms with Crippen molar-refractivity contribution in [2.75, 3.05) is 19.0 Å². The number of pyridine rings is 1. The Balaban J connectivity index is 1.36. The largest absolute Gasteiger partial charge is 0.507 e. The lowest BCUT2D eigenvalue weighted by Gasteiger charge is -2.38. The van der Waals surface area contributed by atoms with Crippen LogP contribution in [0.2, 0.25) is 0 Å². The average Bonchev–Trinajstić information content (AvgIpc) is 3.25. The highest BCUT2D eigenvalue weighted by molar-refractivity contribution is 5.73. The Bertz CT molecular complexity index is 1260. The minimum absolute atomic E-state index is 0.00108. The maximum atomic E-state index is 14.9. The molecule has 172 valence electrons. The standard InChI is InChI=1S/C23H24F2N6O2/c1-31(18-8-13-4-6-17(28-13)22(18)25)20-11-27-23(30-29-20)14-5-3-12(7-19(14)32)15-9-21(33-2)26-10-16(15)24/h3,5,7,9-11,13,17-18,22,28,32H,4,6,8H2,1-2H3/t13-,17-,18+,22-/m0/s1/i2D3. The van der Waals surface area contributed by atoms with Crippen molar-refractivity contribution in [2.45, 2.75) is 43.6 Å². The van der Waals surface area contributed by atoms with Gasteiger partial charge in [0.2, 0.25) is 5.88 Å². The maximum absolute atomic E-state index is 14.9. The molecule has 4 heterocycles. The summed E-state index contributed by atoms with van der Waals surface area (Å²) in [5, 5.41) is 22.2. The minimum atomic E-state index is -2.74. The molecule has 10 heteroatoms. The SMILES string of the molecule is [2H]C([2H])([2H])Oc1cc(-c2ccc(-c3ncc(N(C)[C@@H]4C[C@@H]5CC[C@H](N5)[C@@H]4F)nn3)c(O)c2)c(F)cn1. The summed E-state index contributed by atoms with van der Waals surface area (Å²) in [6, 6.07) is 5.29. The van der Waals surface area contributed by atoms with Gasteiger partial charge in [-0.05, 0) is 37.0 Å². The van der Waals surface area contributed by atoms with Gasteiger partial charge in [0.1, 0.15) is 17.7 Å². The molecule has 0 unspecified atom stereocenters. The summed E-state index contributed by atoms with van der Waals surface area (Å²) >= 11 is 0. The van der Waals surface area contributed by atoms with Gasteiger partial charge in [-0.2, -0.15) is 0 Å². The molecule has 2 aliphatic rings. The van der Waals surface area contributed by atoms with E-state index in [4.69, 9.17) is 8.85 Å². The fourth-order valence-electron chi connectivity index (χ4n) is 4.66. The number of halogens is 2. The van der Waals surface area contributed by atoms with E-state index in [2.05, 4.69) is 25.5 Å². The van der Waals surface area contributed by atoms with E-state index < -0.39 is 19.0 Å². The van der Waals surface area contributed by atoms with Crippen LogP contribution in [0.3, 0.4) is 0 Å². The van der Waals surface area contributed by atoms with Crippen molar-refractivity contribution in [1.82, 2.24) is 25.5 Å². The summed E-state index contributed by atoms with van der Waals surface area (Å²) in [4.78, 5) is 9.69. The number of hydrogen-bond donors (Lipinski definition) is 2. The monoisotopic (exact) mass is 457 g/mol. The molecule has 2 bridgehead atoms. The summed E-state index contributed by atoms with van der Waals surface area (Å²) in [5.41, 5.74) is 0.529. The quantitative estimate of drug-likeness (QED) is 0.603.